The Bertz CT molecular complexity index is 773. The van der Waals surface area contributed by atoms with Gasteiger partial charge in [0, 0.05) is 48.7 Å². The number of fused-ring (bicyclic) bond motifs is 1. The number of hydrogen-bond acceptors (Lipinski definition) is 3. The van der Waals surface area contributed by atoms with E-state index in [0.717, 1.165) is 29.9 Å². The summed E-state index contributed by atoms with van der Waals surface area (Å²) >= 11 is 0. The molecule has 2 aromatic heterocycles. The maximum absolute atomic E-state index is 12.8. The number of aromatic amines is 1. The van der Waals surface area contributed by atoms with Crippen molar-refractivity contribution in [1.29, 1.82) is 0 Å². The number of hydrogen-bond donors (Lipinski definition) is 1. The number of amides is 1. The Hall–Kier alpha value is -2.43. The zero-order valence-electron chi connectivity index (χ0n) is 13.1. The summed E-state index contributed by atoms with van der Waals surface area (Å²) in [6.45, 7) is 3.22. The summed E-state index contributed by atoms with van der Waals surface area (Å²) in [6, 6.07) is 5.86. The topological polar surface area (TPSA) is 66.1 Å². The van der Waals surface area contributed by atoms with Crippen LogP contribution in [0, 0.1) is 6.92 Å². The predicted octanol–water partition coefficient (Wildman–Crippen LogP) is 2.48. The smallest absolute Gasteiger partial charge is 0.256 e. The number of carbonyl (C=O) groups excluding carboxylic acids is 2. The first kappa shape index (κ1) is 14.2. The molecule has 0 atom stereocenters. The third kappa shape index (κ3) is 2.27. The first-order valence-corrected chi connectivity index (χ1v) is 8.10. The van der Waals surface area contributed by atoms with Gasteiger partial charge in [0.15, 0.2) is 5.78 Å². The van der Waals surface area contributed by atoms with E-state index >= 15 is 0 Å². The minimum absolute atomic E-state index is 0.0255. The maximum atomic E-state index is 12.8. The average molecular weight is 309 g/mol. The van der Waals surface area contributed by atoms with E-state index in [4.69, 9.17) is 0 Å². The predicted molar refractivity (Wildman–Crippen MR) is 85.7 cm³/mol. The van der Waals surface area contributed by atoms with E-state index in [0.29, 0.717) is 36.6 Å². The van der Waals surface area contributed by atoms with Crippen LogP contribution in [0.25, 0.3) is 0 Å². The standard InChI is InChI=1S/C18H19N3O2/c1-11-16(17-14(20-11)6-4-7-15(17)22)18(23)21-9-12(10-21)13-5-2-3-8-19-13/h2-3,5,8,12,20H,4,6-7,9-10H2,1H3. The molecule has 2 aromatic rings. The van der Waals surface area contributed by atoms with E-state index in [1.54, 1.807) is 6.20 Å². The second-order valence-electron chi connectivity index (χ2n) is 6.42. The summed E-state index contributed by atoms with van der Waals surface area (Å²) in [4.78, 5) is 34.5. The number of aromatic nitrogens is 2. The van der Waals surface area contributed by atoms with Crippen LogP contribution in [0.1, 0.15) is 56.6 Å². The number of ketones is 1. The van der Waals surface area contributed by atoms with Gasteiger partial charge < -0.3 is 9.88 Å². The lowest BCUT2D eigenvalue weighted by atomic mass is 9.90. The molecule has 0 aromatic carbocycles. The molecule has 4 rings (SSSR count). The van der Waals surface area contributed by atoms with Crippen molar-refractivity contribution in [2.45, 2.75) is 32.1 Å². The number of carbonyl (C=O) groups is 2. The molecular weight excluding hydrogens is 290 g/mol. The molecule has 1 saturated heterocycles. The lowest BCUT2D eigenvalue weighted by Crippen LogP contribution is -2.49. The number of nitrogens with zero attached hydrogens (tertiary/aromatic N) is 2. The molecular formula is C18H19N3O2. The number of pyridine rings is 1. The second-order valence-corrected chi connectivity index (χ2v) is 6.42. The lowest BCUT2D eigenvalue weighted by Gasteiger charge is -2.39. The van der Waals surface area contributed by atoms with Gasteiger partial charge in [0.1, 0.15) is 0 Å². The van der Waals surface area contributed by atoms with E-state index in [1.165, 1.54) is 0 Å². The first-order valence-electron chi connectivity index (χ1n) is 8.10. The van der Waals surface area contributed by atoms with Gasteiger partial charge >= 0.3 is 0 Å². The molecule has 0 unspecified atom stereocenters. The Morgan fingerprint density at radius 3 is 2.87 bits per heavy atom. The van der Waals surface area contributed by atoms with Gasteiger partial charge in [0.2, 0.25) is 0 Å². The van der Waals surface area contributed by atoms with Gasteiger partial charge in [-0.15, -0.1) is 0 Å². The van der Waals surface area contributed by atoms with E-state index in [9.17, 15) is 9.59 Å². The highest BCUT2D eigenvalue weighted by molar-refractivity contribution is 6.10. The SMILES string of the molecule is Cc1[nH]c2c(c1C(=O)N1CC(c3ccccn3)C1)C(=O)CCC2. The third-order valence-corrected chi connectivity index (χ3v) is 4.86. The molecule has 1 N–H and O–H groups in total. The van der Waals surface area contributed by atoms with Crippen LogP contribution in [0.5, 0.6) is 0 Å². The highest BCUT2D eigenvalue weighted by Crippen LogP contribution is 2.32. The number of rotatable bonds is 2. The van der Waals surface area contributed by atoms with Crippen LogP contribution in [-0.4, -0.2) is 39.6 Å². The molecule has 0 bridgehead atoms. The normalized spacial score (nSPS) is 17.8. The van der Waals surface area contributed by atoms with Crippen molar-refractivity contribution in [3.05, 3.63) is 52.6 Å². The van der Waals surface area contributed by atoms with Crippen molar-refractivity contribution in [3.63, 3.8) is 0 Å². The molecule has 0 spiro atoms. The molecule has 2 aliphatic rings. The van der Waals surface area contributed by atoms with E-state index < -0.39 is 0 Å². The van der Waals surface area contributed by atoms with Crippen LogP contribution in [0.2, 0.25) is 0 Å². The van der Waals surface area contributed by atoms with Crippen molar-refractivity contribution >= 4 is 11.7 Å². The highest BCUT2D eigenvalue weighted by Gasteiger charge is 2.37. The Morgan fingerprint density at radius 1 is 1.30 bits per heavy atom. The van der Waals surface area contributed by atoms with Crippen molar-refractivity contribution < 1.29 is 9.59 Å². The first-order chi connectivity index (χ1) is 11.1. The molecule has 5 nitrogen and oxygen atoms in total. The van der Waals surface area contributed by atoms with E-state index in [-0.39, 0.29) is 11.7 Å². The van der Waals surface area contributed by atoms with Gasteiger partial charge in [0.05, 0.1) is 11.1 Å². The van der Waals surface area contributed by atoms with E-state index in [1.807, 2.05) is 30.0 Å². The van der Waals surface area contributed by atoms with Gasteiger partial charge in [-0.1, -0.05) is 6.07 Å². The molecule has 1 fully saturated rings. The summed E-state index contributed by atoms with van der Waals surface area (Å²) in [5, 5.41) is 0. The number of nitrogens with one attached hydrogen (secondary N) is 1. The molecule has 5 heteroatoms. The van der Waals surface area contributed by atoms with Gasteiger partial charge in [-0.05, 0) is 31.9 Å². The third-order valence-electron chi connectivity index (χ3n) is 4.86. The Labute approximate surface area is 134 Å². The number of Topliss-reactive ketones (excluding diaryl/α,β-unsaturated/α-hetero) is 1. The number of likely N-dealkylation sites (tertiary alicyclic amines) is 1. The van der Waals surface area contributed by atoms with Gasteiger partial charge in [-0.3, -0.25) is 14.6 Å². The minimum atomic E-state index is -0.0255. The zero-order valence-corrected chi connectivity index (χ0v) is 13.1. The number of aryl methyl sites for hydroxylation is 2. The fourth-order valence-corrected chi connectivity index (χ4v) is 3.61. The van der Waals surface area contributed by atoms with Gasteiger partial charge in [-0.25, -0.2) is 0 Å². The van der Waals surface area contributed by atoms with Crippen LogP contribution < -0.4 is 0 Å². The Kier molecular flexibility index (Phi) is 3.29. The summed E-state index contributed by atoms with van der Waals surface area (Å²) < 4.78 is 0. The molecule has 0 saturated carbocycles. The summed E-state index contributed by atoms with van der Waals surface area (Å²) in [5.41, 5.74) is 4.00. The van der Waals surface area contributed by atoms with Crippen LogP contribution in [-0.2, 0) is 6.42 Å². The monoisotopic (exact) mass is 309 g/mol. The summed E-state index contributed by atoms with van der Waals surface area (Å²) in [7, 11) is 0. The summed E-state index contributed by atoms with van der Waals surface area (Å²) in [6.07, 6.45) is 4.04. The molecule has 3 heterocycles. The van der Waals surface area contributed by atoms with E-state index in [2.05, 4.69) is 9.97 Å². The molecule has 1 amide bonds. The fourth-order valence-electron chi connectivity index (χ4n) is 3.61. The van der Waals surface area contributed by atoms with Crippen molar-refractivity contribution in [2.75, 3.05) is 13.1 Å². The second kappa shape index (κ2) is 5.33. The van der Waals surface area contributed by atoms with Crippen LogP contribution in [0.4, 0.5) is 0 Å². The van der Waals surface area contributed by atoms with Gasteiger partial charge in [-0.2, -0.15) is 0 Å². The number of H-pyrrole nitrogens is 1. The summed E-state index contributed by atoms with van der Waals surface area (Å²) in [5.74, 6) is 0.370. The minimum Gasteiger partial charge on any atom is -0.361 e. The molecule has 0 radical (unpaired) electrons. The quantitative estimate of drug-likeness (QED) is 0.927. The maximum Gasteiger partial charge on any atom is 0.256 e. The Morgan fingerprint density at radius 2 is 2.13 bits per heavy atom. The average Bonchev–Trinajstić information content (AvgIpc) is 2.84. The molecule has 23 heavy (non-hydrogen) atoms. The lowest BCUT2D eigenvalue weighted by molar-refractivity contribution is 0.0594. The largest absolute Gasteiger partial charge is 0.361 e. The van der Waals surface area contributed by atoms with Crippen molar-refractivity contribution in [2.24, 2.45) is 0 Å². The van der Waals surface area contributed by atoms with Crippen LogP contribution in [0.15, 0.2) is 24.4 Å². The molecule has 118 valence electrons. The fraction of sp³-hybridized carbons (Fsp3) is 0.389. The highest BCUT2D eigenvalue weighted by atomic mass is 16.2. The van der Waals surface area contributed by atoms with Crippen LogP contribution >= 0.6 is 0 Å². The van der Waals surface area contributed by atoms with Crippen molar-refractivity contribution in [1.82, 2.24) is 14.9 Å². The van der Waals surface area contributed by atoms with Crippen LogP contribution in [0.3, 0.4) is 0 Å². The van der Waals surface area contributed by atoms with Crippen molar-refractivity contribution in [3.8, 4) is 0 Å². The van der Waals surface area contributed by atoms with Gasteiger partial charge in [0.25, 0.3) is 5.91 Å². The Balaban J connectivity index is 1.55. The molecule has 1 aliphatic heterocycles. The zero-order chi connectivity index (χ0) is 16.0. The molecule has 1 aliphatic carbocycles.